The zero-order chi connectivity index (χ0) is 11.0. The van der Waals surface area contributed by atoms with Crippen molar-refractivity contribution in [2.75, 3.05) is 11.4 Å². The van der Waals surface area contributed by atoms with Gasteiger partial charge in [0.15, 0.2) is 0 Å². The Bertz CT molecular complexity index is 448. The molecule has 1 N–H and O–H groups in total. The van der Waals surface area contributed by atoms with Crippen molar-refractivity contribution in [2.45, 2.75) is 0 Å². The van der Waals surface area contributed by atoms with Gasteiger partial charge in [0.05, 0.1) is 5.69 Å². The van der Waals surface area contributed by atoms with E-state index in [4.69, 9.17) is 0 Å². The monoisotopic (exact) mass is 332 g/mol. The normalized spacial score (nSPS) is 15.7. The second-order valence-electron chi connectivity index (χ2n) is 3.04. The second-order valence-corrected chi connectivity index (χ2v) is 4.81. The first-order chi connectivity index (χ1) is 7.08. The summed E-state index contributed by atoms with van der Waals surface area (Å²) in [5.41, 5.74) is 0.674. The molecular formula is C9H6Br2N2O2. The van der Waals surface area contributed by atoms with Gasteiger partial charge in [-0.05, 0) is 34.1 Å². The number of hydrogen-bond acceptors (Lipinski definition) is 2. The van der Waals surface area contributed by atoms with E-state index in [0.29, 0.717) is 5.69 Å². The van der Waals surface area contributed by atoms with E-state index < -0.39 is 0 Å². The highest BCUT2D eigenvalue weighted by atomic mass is 79.9. The van der Waals surface area contributed by atoms with Crippen LogP contribution in [0.15, 0.2) is 27.1 Å². The number of rotatable bonds is 1. The van der Waals surface area contributed by atoms with Gasteiger partial charge in [0.25, 0.3) is 0 Å². The summed E-state index contributed by atoms with van der Waals surface area (Å²) in [7, 11) is 0. The summed E-state index contributed by atoms with van der Waals surface area (Å²) in [4.78, 5) is 23.8. The summed E-state index contributed by atoms with van der Waals surface area (Å²) in [5, 5.41) is 2.22. The molecule has 0 bridgehead atoms. The lowest BCUT2D eigenvalue weighted by molar-refractivity contribution is -0.117. The molecule has 0 atom stereocenters. The summed E-state index contributed by atoms with van der Waals surface area (Å²) in [6, 6.07) is 5.06. The molecule has 1 aliphatic heterocycles. The van der Waals surface area contributed by atoms with Gasteiger partial charge in [0.2, 0.25) is 5.91 Å². The Labute approximate surface area is 103 Å². The molecule has 0 spiro atoms. The average molecular weight is 334 g/mol. The lowest BCUT2D eigenvalue weighted by Gasteiger charge is -2.15. The first-order valence-electron chi connectivity index (χ1n) is 4.14. The van der Waals surface area contributed by atoms with E-state index in [-0.39, 0.29) is 18.5 Å². The number of urea groups is 1. The minimum Gasteiger partial charge on any atom is -0.284 e. The molecule has 1 heterocycles. The quantitative estimate of drug-likeness (QED) is 0.801. The predicted octanol–water partition coefficient (Wildman–Crippen LogP) is 2.27. The number of halogens is 2. The van der Waals surface area contributed by atoms with Gasteiger partial charge in [-0.25, -0.2) is 4.79 Å². The Balaban J connectivity index is 2.41. The number of imide groups is 1. The topological polar surface area (TPSA) is 49.4 Å². The summed E-state index contributed by atoms with van der Waals surface area (Å²) < 4.78 is 1.63. The van der Waals surface area contributed by atoms with Crippen LogP contribution in [0.25, 0.3) is 0 Å². The van der Waals surface area contributed by atoms with Crippen LogP contribution in [-0.2, 0) is 4.79 Å². The van der Waals surface area contributed by atoms with Crippen molar-refractivity contribution in [1.29, 1.82) is 0 Å². The standard InChI is InChI=1S/C9H6Br2N2O2/c10-5-1-2-6(11)7(3-5)13-4-8(14)12-9(13)15/h1-3H,4H2,(H,12,14,15). The van der Waals surface area contributed by atoms with E-state index in [0.717, 1.165) is 8.95 Å². The van der Waals surface area contributed by atoms with E-state index in [1.54, 1.807) is 6.07 Å². The Morgan fingerprint density at radius 2 is 2.00 bits per heavy atom. The Morgan fingerprint density at radius 3 is 2.60 bits per heavy atom. The number of hydrogen-bond donors (Lipinski definition) is 1. The maximum Gasteiger partial charge on any atom is 0.329 e. The Morgan fingerprint density at radius 1 is 1.27 bits per heavy atom. The van der Waals surface area contributed by atoms with E-state index in [9.17, 15) is 9.59 Å². The van der Waals surface area contributed by atoms with E-state index in [1.807, 2.05) is 12.1 Å². The maximum absolute atomic E-state index is 11.4. The molecule has 2 rings (SSSR count). The summed E-state index contributed by atoms with van der Waals surface area (Å²) in [6.45, 7) is 0.0634. The zero-order valence-electron chi connectivity index (χ0n) is 7.46. The number of benzene rings is 1. The third-order valence-electron chi connectivity index (χ3n) is 1.99. The molecule has 1 aromatic rings. The minimum atomic E-state index is -0.390. The lowest BCUT2D eigenvalue weighted by Crippen LogP contribution is -2.28. The molecule has 15 heavy (non-hydrogen) atoms. The molecule has 3 amide bonds. The summed E-state index contributed by atoms with van der Waals surface area (Å²) in [6.07, 6.45) is 0. The van der Waals surface area contributed by atoms with Crippen LogP contribution in [0.5, 0.6) is 0 Å². The first kappa shape index (κ1) is 10.6. The number of amides is 3. The van der Waals surface area contributed by atoms with Crippen molar-refractivity contribution in [3.05, 3.63) is 27.1 Å². The van der Waals surface area contributed by atoms with Gasteiger partial charge in [-0.2, -0.15) is 0 Å². The fourth-order valence-corrected chi connectivity index (χ4v) is 2.14. The van der Waals surface area contributed by atoms with Crippen molar-refractivity contribution in [3.8, 4) is 0 Å². The highest BCUT2D eigenvalue weighted by Gasteiger charge is 2.29. The summed E-state index contributed by atoms with van der Waals surface area (Å²) >= 11 is 6.65. The molecule has 0 saturated carbocycles. The maximum atomic E-state index is 11.4. The highest BCUT2D eigenvalue weighted by Crippen LogP contribution is 2.30. The van der Waals surface area contributed by atoms with Crippen LogP contribution in [0.2, 0.25) is 0 Å². The molecule has 0 unspecified atom stereocenters. The van der Waals surface area contributed by atoms with E-state index in [1.165, 1.54) is 4.90 Å². The molecule has 4 nitrogen and oxygen atoms in total. The molecule has 1 fully saturated rings. The Kier molecular flexibility index (Phi) is 2.79. The van der Waals surface area contributed by atoms with Crippen LogP contribution in [0.1, 0.15) is 0 Å². The van der Waals surface area contributed by atoms with Crippen LogP contribution in [0, 0.1) is 0 Å². The van der Waals surface area contributed by atoms with Crippen molar-refractivity contribution < 1.29 is 9.59 Å². The number of nitrogens with one attached hydrogen (secondary N) is 1. The Hall–Kier alpha value is -0.880. The average Bonchev–Trinajstić information content (AvgIpc) is 2.50. The molecule has 1 aromatic carbocycles. The van der Waals surface area contributed by atoms with Crippen LogP contribution in [-0.4, -0.2) is 18.5 Å². The van der Waals surface area contributed by atoms with Gasteiger partial charge < -0.3 is 0 Å². The molecule has 1 aliphatic rings. The van der Waals surface area contributed by atoms with Gasteiger partial charge in [-0.1, -0.05) is 15.9 Å². The fourth-order valence-electron chi connectivity index (χ4n) is 1.33. The molecule has 78 valence electrons. The number of nitrogens with zero attached hydrogens (tertiary/aromatic N) is 1. The molecule has 0 aliphatic carbocycles. The van der Waals surface area contributed by atoms with E-state index in [2.05, 4.69) is 37.2 Å². The molecule has 0 aromatic heterocycles. The van der Waals surface area contributed by atoms with Crippen LogP contribution < -0.4 is 10.2 Å². The number of anilines is 1. The van der Waals surface area contributed by atoms with Crippen molar-refractivity contribution in [1.82, 2.24) is 5.32 Å². The van der Waals surface area contributed by atoms with Crippen LogP contribution in [0.4, 0.5) is 10.5 Å². The van der Waals surface area contributed by atoms with Crippen molar-refractivity contribution in [2.24, 2.45) is 0 Å². The fraction of sp³-hybridized carbons (Fsp3) is 0.111. The van der Waals surface area contributed by atoms with Gasteiger partial charge in [-0.15, -0.1) is 0 Å². The van der Waals surface area contributed by atoms with Crippen molar-refractivity contribution in [3.63, 3.8) is 0 Å². The van der Waals surface area contributed by atoms with Gasteiger partial charge in [-0.3, -0.25) is 15.0 Å². The molecule has 1 saturated heterocycles. The smallest absolute Gasteiger partial charge is 0.284 e. The van der Waals surface area contributed by atoms with Gasteiger partial charge in [0, 0.05) is 8.95 Å². The molecular weight excluding hydrogens is 328 g/mol. The second kappa shape index (κ2) is 3.94. The van der Waals surface area contributed by atoms with Gasteiger partial charge in [0.1, 0.15) is 6.54 Å². The van der Waals surface area contributed by atoms with Gasteiger partial charge >= 0.3 is 6.03 Å². The third-order valence-corrected chi connectivity index (χ3v) is 3.16. The minimum absolute atomic E-state index is 0.0634. The SMILES string of the molecule is O=C1CN(c2cc(Br)ccc2Br)C(=O)N1. The zero-order valence-corrected chi connectivity index (χ0v) is 10.6. The summed E-state index contributed by atoms with van der Waals surface area (Å²) in [5.74, 6) is -0.285. The third kappa shape index (κ3) is 2.05. The predicted molar refractivity (Wildman–Crippen MR) is 62.7 cm³/mol. The van der Waals surface area contributed by atoms with E-state index >= 15 is 0 Å². The molecule has 6 heteroatoms. The number of carbonyl (C=O) groups excluding carboxylic acids is 2. The number of carbonyl (C=O) groups is 2. The highest BCUT2D eigenvalue weighted by molar-refractivity contribution is 9.11. The molecule has 0 radical (unpaired) electrons. The lowest BCUT2D eigenvalue weighted by atomic mass is 10.3. The van der Waals surface area contributed by atoms with Crippen LogP contribution >= 0.6 is 31.9 Å². The first-order valence-corrected chi connectivity index (χ1v) is 5.73. The van der Waals surface area contributed by atoms with Crippen molar-refractivity contribution >= 4 is 49.5 Å². The van der Waals surface area contributed by atoms with Crippen LogP contribution in [0.3, 0.4) is 0 Å². The largest absolute Gasteiger partial charge is 0.329 e.